The molecule has 0 aliphatic carbocycles. The van der Waals surface area contributed by atoms with E-state index in [2.05, 4.69) is 56.5 Å². The monoisotopic (exact) mass is 276 g/mol. The summed E-state index contributed by atoms with van der Waals surface area (Å²) < 4.78 is 5.83. The molecule has 0 fully saturated rings. The Balaban J connectivity index is 1.73. The van der Waals surface area contributed by atoms with E-state index in [0.29, 0.717) is 12.0 Å². The third-order valence-corrected chi connectivity index (χ3v) is 3.65. The van der Waals surface area contributed by atoms with Crippen molar-refractivity contribution in [1.29, 1.82) is 0 Å². The molecule has 20 heavy (non-hydrogen) atoms. The summed E-state index contributed by atoms with van der Waals surface area (Å²) in [5.74, 6) is 1.63. The molecule has 2 unspecified atom stereocenters. The van der Waals surface area contributed by atoms with Gasteiger partial charge < -0.3 is 15.4 Å². The number of hydrogen-bond donors (Lipinski definition) is 2. The van der Waals surface area contributed by atoms with Gasteiger partial charge in [0, 0.05) is 30.6 Å². The lowest BCUT2D eigenvalue weighted by Gasteiger charge is -2.28. The molecule has 1 aromatic carbocycles. The van der Waals surface area contributed by atoms with Gasteiger partial charge in [0.2, 0.25) is 0 Å². The fraction of sp³-hybridized carbons (Fsp3) is 0.647. The smallest absolute Gasteiger partial charge is 0.122 e. The van der Waals surface area contributed by atoms with Crippen LogP contribution in [0.2, 0.25) is 0 Å². The summed E-state index contributed by atoms with van der Waals surface area (Å²) in [6.07, 6.45) is 1.11. The molecule has 0 bridgehead atoms. The Morgan fingerprint density at radius 2 is 2.05 bits per heavy atom. The number of rotatable bonds is 5. The average molecular weight is 276 g/mol. The molecule has 1 aliphatic heterocycles. The second-order valence-electron chi connectivity index (χ2n) is 6.93. The fourth-order valence-corrected chi connectivity index (χ4v) is 2.42. The zero-order chi connectivity index (χ0) is 14.6. The van der Waals surface area contributed by atoms with E-state index in [1.165, 1.54) is 5.56 Å². The molecule has 2 rings (SSSR count). The van der Waals surface area contributed by atoms with Crippen molar-refractivity contribution < 1.29 is 4.74 Å². The van der Waals surface area contributed by atoms with Crippen molar-refractivity contribution in [3.8, 4) is 5.75 Å². The number of nitrogens with one attached hydrogen (secondary N) is 2. The molecule has 0 amide bonds. The van der Waals surface area contributed by atoms with Crippen LogP contribution in [0.3, 0.4) is 0 Å². The lowest BCUT2D eigenvalue weighted by Crippen LogP contribution is -2.46. The zero-order valence-electron chi connectivity index (χ0n) is 13.2. The van der Waals surface area contributed by atoms with E-state index in [4.69, 9.17) is 4.74 Å². The summed E-state index contributed by atoms with van der Waals surface area (Å²) in [7, 11) is 0. The average Bonchev–Trinajstić information content (AvgIpc) is 2.42. The standard InChI is InChI=1S/C17H28N2O/c1-13(10-19-17(2,3)4)18-11-14-9-15-7-5-6-8-16(15)20-12-14/h5-8,13-14,18-19H,9-12H2,1-4H3. The lowest BCUT2D eigenvalue weighted by atomic mass is 9.96. The molecule has 112 valence electrons. The summed E-state index contributed by atoms with van der Waals surface area (Å²) in [5.41, 5.74) is 1.52. The summed E-state index contributed by atoms with van der Waals surface area (Å²) in [5, 5.41) is 7.14. The van der Waals surface area contributed by atoms with E-state index >= 15 is 0 Å². The Morgan fingerprint density at radius 1 is 1.30 bits per heavy atom. The maximum absolute atomic E-state index is 5.83. The van der Waals surface area contributed by atoms with Gasteiger partial charge in [0.1, 0.15) is 5.75 Å². The molecule has 0 radical (unpaired) electrons. The predicted octanol–water partition coefficient (Wildman–Crippen LogP) is 2.60. The highest BCUT2D eigenvalue weighted by molar-refractivity contribution is 5.35. The largest absolute Gasteiger partial charge is 0.493 e. The van der Waals surface area contributed by atoms with E-state index in [1.807, 2.05) is 6.07 Å². The second kappa shape index (κ2) is 6.59. The normalized spacial score (nSPS) is 20.1. The first-order valence-corrected chi connectivity index (χ1v) is 7.63. The van der Waals surface area contributed by atoms with E-state index < -0.39 is 0 Å². The van der Waals surface area contributed by atoms with Crippen LogP contribution in [0.25, 0.3) is 0 Å². The van der Waals surface area contributed by atoms with Crippen molar-refractivity contribution in [2.24, 2.45) is 5.92 Å². The number of hydrogen-bond acceptors (Lipinski definition) is 3. The van der Waals surface area contributed by atoms with Crippen molar-refractivity contribution in [1.82, 2.24) is 10.6 Å². The van der Waals surface area contributed by atoms with Crippen LogP contribution in [-0.2, 0) is 6.42 Å². The molecule has 2 atom stereocenters. The van der Waals surface area contributed by atoms with Crippen molar-refractivity contribution in [3.63, 3.8) is 0 Å². The summed E-state index contributed by atoms with van der Waals surface area (Å²) in [4.78, 5) is 0. The topological polar surface area (TPSA) is 33.3 Å². The molecule has 0 saturated carbocycles. The van der Waals surface area contributed by atoms with Crippen molar-refractivity contribution in [2.75, 3.05) is 19.7 Å². The first-order valence-electron chi connectivity index (χ1n) is 7.63. The SMILES string of the molecule is CC(CNC(C)(C)C)NCC1COc2ccccc2C1. The Labute approximate surface area is 123 Å². The van der Waals surface area contributed by atoms with Crippen LogP contribution in [0.5, 0.6) is 5.75 Å². The molecular formula is C17H28N2O. The molecule has 3 nitrogen and oxygen atoms in total. The van der Waals surface area contributed by atoms with Gasteiger partial charge in [-0.2, -0.15) is 0 Å². The predicted molar refractivity (Wildman–Crippen MR) is 84.4 cm³/mol. The highest BCUT2D eigenvalue weighted by Crippen LogP contribution is 2.26. The summed E-state index contributed by atoms with van der Waals surface area (Å²) >= 11 is 0. The van der Waals surface area contributed by atoms with Gasteiger partial charge in [-0.15, -0.1) is 0 Å². The van der Waals surface area contributed by atoms with Crippen LogP contribution in [0.1, 0.15) is 33.3 Å². The van der Waals surface area contributed by atoms with Crippen LogP contribution in [0, 0.1) is 5.92 Å². The van der Waals surface area contributed by atoms with Crippen molar-refractivity contribution in [3.05, 3.63) is 29.8 Å². The molecule has 1 aliphatic rings. The quantitative estimate of drug-likeness (QED) is 0.867. The van der Waals surface area contributed by atoms with Gasteiger partial charge in [-0.3, -0.25) is 0 Å². The Morgan fingerprint density at radius 3 is 2.80 bits per heavy atom. The van der Waals surface area contributed by atoms with Gasteiger partial charge in [-0.25, -0.2) is 0 Å². The van der Waals surface area contributed by atoms with Gasteiger partial charge in [-0.1, -0.05) is 18.2 Å². The van der Waals surface area contributed by atoms with E-state index in [9.17, 15) is 0 Å². The van der Waals surface area contributed by atoms with Gasteiger partial charge in [0.15, 0.2) is 0 Å². The third kappa shape index (κ3) is 4.80. The molecule has 3 heteroatoms. The van der Waals surface area contributed by atoms with E-state index in [0.717, 1.165) is 31.9 Å². The van der Waals surface area contributed by atoms with Gasteiger partial charge in [0.25, 0.3) is 0 Å². The van der Waals surface area contributed by atoms with E-state index in [-0.39, 0.29) is 5.54 Å². The number of para-hydroxylation sites is 1. The Bertz CT molecular complexity index is 425. The minimum absolute atomic E-state index is 0.183. The van der Waals surface area contributed by atoms with Gasteiger partial charge in [0.05, 0.1) is 6.61 Å². The highest BCUT2D eigenvalue weighted by atomic mass is 16.5. The first-order chi connectivity index (χ1) is 9.44. The molecule has 0 spiro atoms. The Hall–Kier alpha value is -1.06. The minimum Gasteiger partial charge on any atom is -0.493 e. The first kappa shape index (κ1) is 15.3. The number of fused-ring (bicyclic) bond motifs is 1. The highest BCUT2D eigenvalue weighted by Gasteiger charge is 2.20. The van der Waals surface area contributed by atoms with Crippen molar-refractivity contribution in [2.45, 2.75) is 45.7 Å². The van der Waals surface area contributed by atoms with Crippen molar-refractivity contribution >= 4 is 0 Å². The number of ether oxygens (including phenoxy) is 1. The molecule has 0 saturated heterocycles. The maximum Gasteiger partial charge on any atom is 0.122 e. The molecular weight excluding hydrogens is 248 g/mol. The fourth-order valence-electron chi connectivity index (χ4n) is 2.42. The van der Waals surface area contributed by atoms with Crippen LogP contribution < -0.4 is 15.4 Å². The molecule has 2 N–H and O–H groups in total. The van der Waals surface area contributed by atoms with Crippen LogP contribution in [0.4, 0.5) is 0 Å². The second-order valence-corrected chi connectivity index (χ2v) is 6.93. The van der Waals surface area contributed by atoms with Gasteiger partial charge in [-0.05, 0) is 45.7 Å². The van der Waals surface area contributed by atoms with Crippen LogP contribution in [0.15, 0.2) is 24.3 Å². The minimum atomic E-state index is 0.183. The van der Waals surface area contributed by atoms with Gasteiger partial charge >= 0.3 is 0 Å². The van der Waals surface area contributed by atoms with Crippen LogP contribution >= 0.6 is 0 Å². The maximum atomic E-state index is 5.83. The zero-order valence-corrected chi connectivity index (χ0v) is 13.2. The van der Waals surface area contributed by atoms with Crippen LogP contribution in [-0.4, -0.2) is 31.3 Å². The number of benzene rings is 1. The van der Waals surface area contributed by atoms with E-state index in [1.54, 1.807) is 0 Å². The summed E-state index contributed by atoms with van der Waals surface area (Å²) in [6, 6.07) is 8.85. The third-order valence-electron chi connectivity index (χ3n) is 3.65. The lowest BCUT2D eigenvalue weighted by molar-refractivity contribution is 0.214. The summed E-state index contributed by atoms with van der Waals surface area (Å²) in [6.45, 7) is 11.7. The molecule has 1 aromatic rings. The Kier molecular flexibility index (Phi) is 5.06. The molecule has 0 aromatic heterocycles. The molecule has 1 heterocycles.